The normalized spacial score (nSPS) is 12.3. The second-order valence-electron chi connectivity index (χ2n) is 5.56. The lowest BCUT2D eigenvalue weighted by Crippen LogP contribution is -2.37. The lowest BCUT2D eigenvalue weighted by Gasteiger charge is -2.22. The molecule has 0 heterocycles. The number of nitro benzene ring substituents is 1. The summed E-state index contributed by atoms with van der Waals surface area (Å²) in [4.78, 5) is 31.9. The molecule has 0 aliphatic carbocycles. The summed E-state index contributed by atoms with van der Waals surface area (Å²) in [5, 5.41) is 23.7. The number of non-ortho nitro benzene ring substituents is 1. The summed E-state index contributed by atoms with van der Waals surface area (Å²) < 4.78 is 5.05. The van der Waals surface area contributed by atoms with Crippen molar-refractivity contribution in [3.05, 3.63) is 50.1 Å². The first-order valence-corrected chi connectivity index (χ1v) is 6.44. The zero-order chi connectivity index (χ0) is 16.9. The minimum Gasteiger partial charge on any atom is -0.444 e. The second kappa shape index (κ2) is 6.83. The van der Waals surface area contributed by atoms with E-state index in [1.807, 2.05) is 0 Å². The molecule has 1 aromatic rings. The van der Waals surface area contributed by atoms with Gasteiger partial charge in [0.2, 0.25) is 6.54 Å². The molecule has 0 fully saturated rings. The molecule has 0 aliphatic heterocycles. The number of carbonyl (C=O) groups is 1. The fourth-order valence-electron chi connectivity index (χ4n) is 1.66. The van der Waals surface area contributed by atoms with Gasteiger partial charge in [-0.25, -0.2) is 4.79 Å². The zero-order valence-corrected chi connectivity index (χ0v) is 12.4. The van der Waals surface area contributed by atoms with Crippen molar-refractivity contribution in [2.24, 2.45) is 0 Å². The van der Waals surface area contributed by atoms with Gasteiger partial charge in [-0.15, -0.1) is 0 Å². The Labute approximate surface area is 126 Å². The topological polar surface area (TPSA) is 125 Å². The maximum atomic E-state index is 11.7. The van der Waals surface area contributed by atoms with E-state index in [1.54, 1.807) is 20.8 Å². The molecule has 1 atom stereocenters. The van der Waals surface area contributed by atoms with Crippen LogP contribution < -0.4 is 5.32 Å². The Morgan fingerprint density at radius 2 is 1.77 bits per heavy atom. The first-order valence-electron chi connectivity index (χ1n) is 6.44. The SMILES string of the molecule is CC(C)(C)OC(=O)N[C@H](C[N+](=O)[O-])c1ccc([N+](=O)[O-])cc1. The van der Waals surface area contributed by atoms with Crippen molar-refractivity contribution in [3.8, 4) is 0 Å². The number of rotatable bonds is 5. The molecule has 1 N–H and O–H groups in total. The molecule has 0 aromatic heterocycles. The Hall–Kier alpha value is -2.71. The smallest absolute Gasteiger partial charge is 0.408 e. The van der Waals surface area contributed by atoms with Crippen LogP contribution in [0.4, 0.5) is 10.5 Å². The van der Waals surface area contributed by atoms with Gasteiger partial charge in [0, 0.05) is 17.1 Å². The van der Waals surface area contributed by atoms with Gasteiger partial charge in [0.25, 0.3) is 5.69 Å². The van der Waals surface area contributed by atoms with E-state index in [4.69, 9.17) is 4.74 Å². The summed E-state index contributed by atoms with van der Waals surface area (Å²) in [6, 6.07) is 4.23. The number of hydrogen-bond donors (Lipinski definition) is 1. The van der Waals surface area contributed by atoms with Crippen LogP contribution in [0.2, 0.25) is 0 Å². The van der Waals surface area contributed by atoms with Crippen molar-refractivity contribution >= 4 is 11.8 Å². The number of benzene rings is 1. The predicted molar refractivity (Wildman–Crippen MR) is 77.1 cm³/mol. The molecular weight excluding hydrogens is 294 g/mol. The van der Waals surface area contributed by atoms with Crippen molar-refractivity contribution < 1.29 is 19.4 Å². The molecule has 120 valence electrons. The van der Waals surface area contributed by atoms with E-state index in [0.29, 0.717) is 5.56 Å². The van der Waals surface area contributed by atoms with Gasteiger partial charge < -0.3 is 10.1 Å². The van der Waals surface area contributed by atoms with E-state index in [-0.39, 0.29) is 5.69 Å². The van der Waals surface area contributed by atoms with Crippen LogP contribution >= 0.6 is 0 Å². The molecule has 0 radical (unpaired) electrons. The zero-order valence-electron chi connectivity index (χ0n) is 12.4. The largest absolute Gasteiger partial charge is 0.444 e. The standard InChI is InChI=1S/C13H17N3O6/c1-13(2,3)22-12(17)14-11(8-15(18)19)9-4-6-10(7-5-9)16(20)21/h4-7,11H,8H2,1-3H3,(H,14,17)/t11-/m1/s1. The third kappa shape index (κ3) is 5.73. The maximum absolute atomic E-state index is 11.7. The third-order valence-corrected chi connectivity index (χ3v) is 2.53. The summed E-state index contributed by atoms with van der Waals surface area (Å²) in [6.45, 7) is 4.44. The second-order valence-corrected chi connectivity index (χ2v) is 5.56. The van der Waals surface area contributed by atoms with Gasteiger partial charge in [-0.05, 0) is 38.5 Å². The Morgan fingerprint density at radius 1 is 1.23 bits per heavy atom. The minimum absolute atomic E-state index is 0.138. The molecule has 9 heteroatoms. The molecule has 0 bridgehead atoms. The van der Waals surface area contributed by atoms with Gasteiger partial charge >= 0.3 is 6.09 Å². The highest BCUT2D eigenvalue weighted by molar-refractivity contribution is 5.68. The summed E-state index contributed by atoms with van der Waals surface area (Å²) in [6.07, 6.45) is -0.794. The average molecular weight is 311 g/mol. The Bertz CT molecular complexity index is 564. The molecule has 0 saturated heterocycles. The van der Waals surface area contributed by atoms with Crippen LogP contribution in [0.25, 0.3) is 0 Å². The lowest BCUT2D eigenvalue weighted by atomic mass is 10.1. The van der Waals surface area contributed by atoms with E-state index in [1.165, 1.54) is 24.3 Å². The summed E-state index contributed by atoms with van der Waals surface area (Å²) in [7, 11) is 0. The highest BCUT2D eigenvalue weighted by Crippen LogP contribution is 2.19. The number of amides is 1. The van der Waals surface area contributed by atoms with Gasteiger partial charge in [-0.2, -0.15) is 0 Å². The number of hydrogen-bond acceptors (Lipinski definition) is 6. The molecule has 9 nitrogen and oxygen atoms in total. The van der Waals surface area contributed by atoms with E-state index in [9.17, 15) is 25.0 Å². The number of alkyl carbamates (subject to hydrolysis) is 1. The lowest BCUT2D eigenvalue weighted by molar-refractivity contribution is -0.484. The summed E-state index contributed by atoms with van der Waals surface area (Å²) in [5.41, 5.74) is -0.493. The van der Waals surface area contributed by atoms with E-state index < -0.39 is 34.1 Å². The van der Waals surface area contributed by atoms with Gasteiger partial charge in [0.1, 0.15) is 11.6 Å². The fraction of sp³-hybridized carbons (Fsp3) is 0.462. The molecule has 0 unspecified atom stereocenters. The van der Waals surface area contributed by atoms with Gasteiger partial charge in [-0.1, -0.05) is 0 Å². The van der Waals surface area contributed by atoms with Crippen LogP contribution in [0.3, 0.4) is 0 Å². The molecule has 1 amide bonds. The van der Waals surface area contributed by atoms with Crippen molar-refractivity contribution in [1.82, 2.24) is 5.32 Å². The van der Waals surface area contributed by atoms with Gasteiger partial charge in [0.05, 0.1) is 4.92 Å². The molecule has 22 heavy (non-hydrogen) atoms. The first kappa shape index (κ1) is 17.3. The molecule has 1 rings (SSSR count). The number of nitrogens with one attached hydrogen (secondary N) is 1. The first-order chi connectivity index (χ1) is 10.1. The monoisotopic (exact) mass is 311 g/mol. The minimum atomic E-state index is -0.939. The number of ether oxygens (including phenoxy) is 1. The molecular formula is C13H17N3O6. The molecule has 0 spiro atoms. The maximum Gasteiger partial charge on any atom is 0.408 e. The van der Waals surface area contributed by atoms with Crippen LogP contribution in [0.15, 0.2) is 24.3 Å². The summed E-state index contributed by atoms with van der Waals surface area (Å²) in [5.74, 6) is 0. The Morgan fingerprint density at radius 3 is 2.18 bits per heavy atom. The molecule has 0 saturated carbocycles. The van der Waals surface area contributed by atoms with E-state index >= 15 is 0 Å². The Balaban J connectivity index is 2.90. The predicted octanol–water partition coefficient (Wildman–Crippen LogP) is 2.44. The molecule has 1 aromatic carbocycles. The van der Waals surface area contributed by atoms with Crippen molar-refractivity contribution in [2.75, 3.05) is 6.54 Å². The number of nitrogens with zero attached hydrogens (tertiary/aromatic N) is 2. The van der Waals surface area contributed by atoms with Gasteiger partial charge in [0.15, 0.2) is 0 Å². The van der Waals surface area contributed by atoms with Crippen molar-refractivity contribution in [3.63, 3.8) is 0 Å². The van der Waals surface area contributed by atoms with Gasteiger partial charge in [-0.3, -0.25) is 20.2 Å². The van der Waals surface area contributed by atoms with Crippen LogP contribution in [-0.2, 0) is 4.74 Å². The summed E-state index contributed by atoms with van der Waals surface area (Å²) >= 11 is 0. The van der Waals surface area contributed by atoms with Crippen LogP contribution in [0.1, 0.15) is 32.4 Å². The highest BCUT2D eigenvalue weighted by atomic mass is 16.6. The molecule has 0 aliphatic rings. The fourth-order valence-corrected chi connectivity index (χ4v) is 1.66. The van der Waals surface area contributed by atoms with E-state index in [0.717, 1.165) is 0 Å². The van der Waals surface area contributed by atoms with Crippen molar-refractivity contribution in [1.29, 1.82) is 0 Å². The quantitative estimate of drug-likeness (QED) is 0.657. The van der Waals surface area contributed by atoms with Crippen molar-refractivity contribution in [2.45, 2.75) is 32.4 Å². The van der Waals surface area contributed by atoms with E-state index in [2.05, 4.69) is 5.32 Å². The van der Waals surface area contributed by atoms with Crippen LogP contribution in [0.5, 0.6) is 0 Å². The van der Waals surface area contributed by atoms with Crippen LogP contribution in [0, 0.1) is 20.2 Å². The number of carbonyl (C=O) groups excluding carboxylic acids is 1. The number of nitro groups is 2. The average Bonchev–Trinajstić information content (AvgIpc) is 2.35. The third-order valence-electron chi connectivity index (χ3n) is 2.53. The highest BCUT2D eigenvalue weighted by Gasteiger charge is 2.24. The Kier molecular flexibility index (Phi) is 5.39. The van der Waals surface area contributed by atoms with Crippen LogP contribution in [-0.4, -0.2) is 28.1 Å².